The fourth-order valence-corrected chi connectivity index (χ4v) is 3.26. The molecule has 2 aromatic carbocycles. The Morgan fingerprint density at radius 1 is 1.21 bits per heavy atom. The Kier molecular flexibility index (Phi) is 10.0. The van der Waals surface area contributed by atoms with Gasteiger partial charge in [0, 0.05) is 10.6 Å². The molecule has 0 saturated carbocycles. The molecule has 2 N–H and O–H groups in total. The van der Waals surface area contributed by atoms with Crippen molar-refractivity contribution < 1.29 is 19.1 Å². The van der Waals surface area contributed by atoms with Gasteiger partial charge in [-0.25, -0.2) is 5.43 Å². The highest BCUT2D eigenvalue weighted by atomic mass is 35.5. The first-order chi connectivity index (χ1) is 15.7. The van der Waals surface area contributed by atoms with Gasteiger partial charge in [-0.3, -0.25) is 9.59 Å². The van der Waals surface area contributed by atoms with E-state index in [-0.39, 0.29) is 23.5 Å². The SMILES string of the molecule is C#CCOc1c(Cl)cc(C=NNC(=O)C(CC(C)C)NC(=O)c2ccc(Cl)cc2)cc1OC. The van der Waals surface area contributed by atoms with E-state index in [1.54, 1.807) is 36.4 Å². The number of ether oxygens (including phenoxy) is 2. The van der Waals surface area contributed by atoms with E-state index >= 15 is 0 Å². The molecule has 1 atom stereocenters. The van der Waals surface area contributed by atoms with Crippen LogP contribution in [0.2, 0.25) is 10.0 Å². The first-order valence-corrected chi connectivity index (χ1v) is 10.8. The Morgan fingerprint density at radius 3 is 2.52 bits per heavy atom. The van der Waals surface area contributed by atoms with Gasteiger partial charge in [-0.05, 0) is 54.3 Å². The maximum Gasteiger partial charge on any atom is 0.262 e. The zero-order valence-electron chi connectivity index (χ0n) is 18.5. The summed E-state index contributed by atoms with van der Waals surface area (Å²) < 4.78 is 10.7. The van der Waals surface area contributed by atoms with Crippen molar-refractivity contribution in [1.29, 1.82) is 0 Å². The molecule has 33 heavy (non-hydrogen) atoms. The Balaban J connectivity index is 2.10. The number of methoxy groups -OCH3 is 1. The van der Waals surface area contributed by atoms with E-state index in [1.807, 2.05) is 13.8 Å². The summed E-state index contributed by atoms with van der Waals surface area (Å²) in [7, 11) is 1.47. The van der Waals surface area contributed by atoms with E-state index in [9.17, 15) is 9.59 Å². The molecule has 0 aliphatic rings. The molecule has 0 radical (unpaired) electrons. The summed E-state index contributed by atoms with van der Waals surface area (Å²) in [4.78, 5) is 25.2. The standard InChI is InChI=1S/C24H25Cl2N3O4/c1-5-10-33-22-19(26)12-16(13-21(22)32-4)14-27-29-24(31)20(11-15(2)3)28-23(30)17-6-8-18(25)9-7-17/h1,6-9,12-15,20H,10-11H2,2-4H3,(H,28,30)(H,29,31). The van der Waals surface area contributed by atoms with Crippen LogP contribution in [0, 0.1) is 18.3 Å². The average Bonchev–Trinajstić information content (AvgIpc) is 2.77. The maximum atomic E-state index is 12.7. The molecular formula is C24H25Cl2N3O4. The second-order valence-electron chi connectivity index (χ2n) is 7.42. The third-order valence-corrected chi connectivity index (χ3v) is 4.91. The van der Waals surface area contributed by atoms with Gasteiger partial charge in [0.05, 0.1) is 18.3 Å². The molecule has 1 unspecified atom stereocenters. The van der Waals surface area contributed by atoms with Crippen LogP contribution in [0.25, 0.3) is 0 Å². The summed E-state index contributed by atoms with van der Waals surface area (Å²) in [6.07, 6.45) is 7.05. The number of hydrogen-bond donors (Lipinski definition) is 2. The van der Waals surface area contributed by atoms with Gasteiger partial charge in [0.2, 0.25) is 0 Å². The van der Waals surface area contributed by atoms with Crippen molar-refractivity contribution in [2.45, 2.75) is 26.3 Å². The molecule has 0 spiro atoms. The van der Waals surface area contributed by atoms with Crippen LogP contribution in [-0.2, 0) is 4.79 Å². The first-order valence-electron chi connectivity index (χ1n) is 10.1. The molecule has 0 aliphatic carbocycles. The van der Waals surface area contributed by atoms with Gasteiger partial charge in [-0.1, -0.05) is 43.0 Å². The number of nitrogens with zero attached hydrogens (tertiary/aromatic N) is 1. The number of carbonyl (C=O) groups is 2. The average molecular weight is 490 g/mol. The van der Waals surface area contributed by atoms with Gasteiger partial charge in [-0.15, -0.1) is 6.42 Å². The lowest BCUT2D eigenvalue weighted by Crippen LogP contribution is -2.46. The fraction of sp³-hybridized carbons (Fsp3) is 0.292. The third-order valence-electron chi connectivity index (χ3n) is 4.38. The molecule has 0 aliphatic heterocycles. The van der Waals surface area contributed by atoms with Crippen LogP contribution in [0.15, 0.2) is 41.5 Å². The van der Waals surface area contributed by atoms with Gasteiger partial charge in [-0.2, -0.15) is 5.10 Å². The van der Waals surface area contributed by atoms with E-state index in [0.29, 0.717) is 34.1 Å². The van der Waals surface area contributed by atoms with Crippen LogP contribution in [-0.4, -0.2) is 37.8 Å². The number of hydrogen-bond acceptors (Lipinski definition) is 5. The molecule has 0 aromatic heterocycles. The Hall–Kier alpha value is -3.21. The highest BCUT2D eigenvalue weighted by Crippen LogP contribution is 2.35. The highest BCUT2D eigenvalue weighted by Gasteiger charge is 2.22. The maximum absolute atomic E-state index is 12.7. The van der Waals surface area contributed by atoms with Crippen LogP contribution in [0.3, 0.4) is 0 Å². The summed E-state index contributed by atoms with van der Waals surface area (Å²) in [6.45, 7) is 3.95. The lowest BCUT2D eigenvalue weighted by atomic mass is 10.0. The van der Waals surface area contributed by atoms with Gasteiger partial charge < -0.3 is 14.8 Å². The predicted molar refractivity (Wildman–Crippen MR) is 130 cm³/mol. The van der Waals surface area contributed by atoms with Crippen LogP contribution < -0.4 is 20.2 Å². The smallest absolute Gasteiger partial charge is 0.262 e. The van der Waals surface area contributed by atoms with Gasteiger partial charge in [0.25, 0.3) is 11.8 Å². The molecule has 9 heteroatoms. The van der Waals surface area contributed by atoms with Crippen molar-refractivity contribution in [3.8, 4) is 23.8 Å². The molecule has 7 nitrogen and oxygen atoms in total. The predicted octanol–water partition coefficient (Wildman–Crippen LogP) is 4.31. The third kappa shape index (κ3) is 8.01. The van der Waals surface area contributed by atoms with Crippen molar-refractivity contribution in [2.75, 3.05) is 13.7 Å². The summed E-state index contributed by atoms with van der Waals surface area (Å²) in [5.41, 5.74) is 3.43. The Bertz CT molecular complexity index is 1050. The Morgan fingerprint density at radius 2 is 1.91 bits per heavy atom. The quantitative estimate of drug-likeness (QED) is 0.295. The summed E-state index contributed by atoms with van der Waals surface area (Å²) in [5, 5.41) is 7.54. The number of benzene rings is 2. The molecule has 0 saturated heterocycles. The lowest BCUT2D eigenvalue weighted by molar-refractivity contribution is -0.123. The van der Waals surface area contributed by atoms with Crippen LogP contribution in [0.4, 0.5) is 0 Å². The largest absolute Gasteiger partial charge is 0.493 e. The highest BCUT2D eigenvalue weighted by molar-refractivity contribution is 6.32. The fourth-order valence-electron chi connectivity index (χ4n) is 2.86. The van der Waals surface area contributed by atoms with E-state index in [2.05, 4.69) is 21.8 Å². The van der Waals surface area contributed by atoms with Crippen molar-refractivity contribution in [3.63, 3.8) is 0 Å². The zero-order chi connectivity index (χ0) is 24.4. The minimum absolute atomic E-state index is 0.0402. The molecule has 2 amide bonds. The monoisotopic (exact) mass is 489 g/mol. The van der Waals surface area contributed by atoms with Crippen molar-refractivity contribution in [1.82, 2.24) is 10.7 Å². The van der Waals surface area contributed by atoms with Crippen LogP contribution in [0.1, 0.15) is 36.2 Å². The van der Waals surface area contributed by atoms with Gasteiger partial charge in [0.15, 0.2) is 11.5 Å². The van der Waals surface area contributed by atoms with Crippen LogP contribution in [0.5, 0.6) is 11.5 Å². The molecule has 2 aromatic rings. The topological polar surface area (TPSA) is 89.0 Å². The van der Waals surface area contributed by atoms with E-state index in [4.69, 9.17) is 39.1 Å². The minimum atomic E-state index is -0.775. The summed E-state index contributed by atoms with van der Waals surface area (Å²) >= 11 is 12.1. The summed E-state index contributed by atoms with van der Waals surface area (Å²) in [6, 6.07) is 8.87. The number of halogens is 2. The van der Waals surface area contributed by atoms with E-state index in [1.165, 1.54) is 13.3 Å². The van der Waals surface area contributed by atoms with Gasteiger partial charge in [0.1, 0.15) is 12.6 Å². The lowest BCUT2D eigenvalue weighted by Gasteiger charge is -2.19. The molecule has 174 valence electrons. The number of amides is 2. The summed E-state index contributed by atoms with van der Waals surface area (Å²) in [5.74, 6) is 2.39. The number of hydrazone groups is 1. The van der Waals surface area contributed by atoms with Crippen molar-refractivity contribution in [2.24, 2.45) is 11.0 Å². The normalized spacial score (nSPS) is 11.7. The molecule has 0 fully saturated rings. The Labute approximate surface area is 203 Å². The number of nitrogens with one attached hydrogen (secondary N) is 2. The van der Waals surface area contributed by atoms with Crippen molar-refractivity contribution in [3.05, 3.63) is 57.6 Å². The second kappa shape index (κ2) is 12.7. The molecule has 2 rings (SSSR count). The first kappa shape index (κ1) is 26.0. The molecular weight excluding hydrogens is 465 g/mol. The second-order valence-corrected chi connectivity index (χ2v) is 8.27. The van der Waals surface area contributed by atoms with Crippen molar-refractivity contribution >= 4 is 41.2 Å². The zero-order valence-corrected chi connectivity index (χ0v) is 20.0. The number of rotatable bonds is 10. The van der Waals surface area contributed by atoms with E-state index < -0.39 is 11.9 Å². The number of terminal acetylenes is 1. The molecule has 0 bridgehead atoms. The van der Waals surface area contributed by atoms with Gasteiger partial charge >= 0.3 is 0 Å². The number of carbonyl (C=O) groups excluding carboxylic acids is 2. The van der Waals surface area contributed by atoms with Crippen LogP contribution >= 0.6 is 23.2 Å². The molecule has 0 heterocycles. The minimum Gasteiger partial charge on any atom is -0.493 e. The van der Waals surface area contributed by atoms with E-state index in [0.717, 1.165) is 0 Å².